The first kappa shape index (κ1) is 24.4. The highest BCUT2D eigenvalue weighted by atomic mass is 35.5. The number of amides is 1. The predicted molar refractivity (Wildman–Crippen MR) is 129 cm³/mol. The Labute approximate surface area is 198 Å². The van der Waals surface area contributed by atoms with E-state index in [2.05, 4.69) is 5.32 Å². The molecular formula is C24H25ClN2O5S. The van der Waals surface area contributed by atoms with Crippen LogP contribution in [0.2, 0.25) is 5.02 Å². The van der Waals surface area contributed by atoms with Gasteiger partial charge < -0.3 is 14.8 Å². The fourth-order valence-electron chi connectivity index (χ4n) is 3.32. The summed E-state index contributed by atoms with van der Waals surface area (Å²) in [6.45, 7) is 1.36. The molecule has 0 bridgehead atoms. The van der Waals surface area contributed by atoms with Crippen LogP contribution in [0.1, 0.15) is 18.5 Å². The molecule has 3 rings (SSSR count). The number of hydrogen-bond donors (Lipinski definition) is 1. The Hall–Kier alpha value is -3.23. The highest BCUT2D eigenvalue weighted by Gasteiger charge is 2.28. The summed E-state index contributed by atoms with van der Waals surface area (Å²) in [6.07, 6.45) is 0. The van der Waals surface area contributed by atoms with E-state index in [0.29, 0.717) is 27.8 Å². The Kier molecular flexibility index (Phi) is 7.84. The second-order valence-corrected chi connectivity index (χ2v) is 9.50. The molecule has 0 aliphatic rings. The number of benzene rings is 3. The second-order valence-electron chi connectivity index (χ2n) is 7.20. The number of nitrogens with zero attached hydrogens (tertiary/aromatic N) is 1. The molecule has 0 heterocycles. The molecule has 7 nitrogen and oxygen atoms in total. The summed E-state index contributed by atoms with van der Waals surface area (Å²) in [7, 11) is -0.916. The van der Waals surface area contributed by atoms with E-state index in [1.165, 1.54) is 19.2 Å². The fourth-order valence-corrected chi connectivity index (χ4v) is 4.88. The average molecular weight is 489 g/mol. The number of carbonyl (C=O) groups is 1. The van der Waals surface area contributed by atoms with Crippen LogP contribution in [-0.4, -0.2) is 35.1 Å². The van der Waals surface area contributed by atoms with E-state index in [4.69, 9.17) is 21.1 Å². The topological polar surface area (TPSA) is 84.9 Å². The first-order chi connectivity index (χ1) is 15.8. The summed E-state index contributed by atoms with van der Waals surface area (Å²) in [6, 6.07) is 19.0. The molecule has 0 fully saturated rings. The van der Waals surface area contributed by atoms with E-state index in [9.17, 15) is 13.2 Å². The number of ether oxygens (including phenoxy) is 2. The zero-order chi connectivity index (χ0) is 24.0. The lowest BCUT2D eigenvalue weighted by molar-refractivity contribution is -0.120. The van der Waals surface area contributed by atoms with Crippen LogP contribution in [0, 0.1) is 0 Å². The number of nitrogens with one attached hydrogen (secondary N) is 1. The molecule has 9 heteroatoms. The molecule has 1 atom stereocenters. The predicted octanol–water partition coefficient (Wildman–Crippen LogP) is 4.43. The maximum absolute atomic E-state index is 13.4. The number of hydrogen-bond acceptors (Lipinski definition) is 5. The Morgan fingerprint density at radius 2 is 1.67 bits per heavy atom. The van der Waals surface area contributed by atoms with Crippen LogP contribution < -0.4 is 19.1 Å². The molecule has 3 aromatic carbocycles. The van der Waals surface area contributed by atoms with Gasteiger partial charge in [-0.1, -0.05) is 29.8 Å². The lowest BCUT2D eigenvalue weighted by atomic mass is 10.1. The minimum Gasteiger partial charge on any atom is -0.497 e. The SMILES string of the molecule is COc1ccc(OC)c([C@H](C)NC(=O)CN(c2ccc(Cl)cc2)S(=O)(=O)c2ccccc2)c1. The van der Waals surface area contributed by atoms with Crippen molar-refractivity contribution in [1.29, 1.82) is 0 Å². The molecule has 0 spiro atoms. The average Bonchev–Trinajstić information content (AvgIpc) is 2.83. The molecular weight excluding hydrogens is 464 g/mol. The van der Waals surface area contributed by atoms with E-state index < -0.39 is 28.5 Å². The molecule has 0 unspecified atom stereocenters. The van der Waals surface area contributed by atoms with Gasteiger partial charge >= 0.3 is 0 Å². The van der Waals surface area contributed by atoms with Crippen molar-refractivity contribution in [3.05, 3.63) is 83.4 Å². The van der Waals surface area contributed by atoms with E-state index in [-0.39, 0.29) is 4.90 Å². The summed E-state index contributed by atoms with van der Waals surface area (Å²) in [5.74, 6) is 0.707. The molecule has 1 amide bonds. The van der Waals surface area contributed by atoms with Crippen molar-refractivity contribution < 1.29 is 22.7 Å². The normalized spacial score (nSPS) is 12.0. The molecule has 0 aliphatic heterocycles. The molecule has 0 aliphatic carbocycles. The third-order valence-electron chi connectivity index (χ3n) is 5.01. The lowest BCUT2D eigenvalue weighted by Gasteiger charge is -2.25. The number of sulfonamides is 1. The van der Waals surface area contributed by atoms with Gasteiger partial charge in [-0.3, -0.25) is 9.10 Å². The van der Waals surface area contributed by atoms with Gasteiger partial charge in [0.15, 0.2) is 0 Å². The van der Waals surface area contributed by atoms with Gasteiger partial charge in [-0.25, -0.2) is 8.42 Å². The van der Waals surface area contributed by atoms with Crippen LogP contribution in [0.3, 0.4) is 0 Å². The van der Waals surface area contributed by atoms with E-state index >= 15 is 0 Å². The van der Waals surface area contributed by atoms with Gasteiger partial charge in [0, 0.05) is 10.6 Å². The summed E-state index contributed by atoms with van der Waals surface area (Å²) in [5.41, 5.74) is 1.03. The van der Waals surface area contributed by atoms with Gasteiger partial charge in [-0.05, 0) is 61.5 Å². The second kappa shape index (κ2) is 10.6. The molecule has 33 heavy (non-hydrogen) atoms. The fraction of sp³-hybridized carbons (Fsp3) is 0.208. The summed E-state index contributed by atoms with van der Waals surface area (Å²) < 4.78 is 38.5. The minimum absolute atomic E-state index is 0.0789. The van der Waals surface area contributed by atoms with Crippen LogP contribution in [0.25, 0.3) is 0 Å². The van der Waals surface area contributed by atoms with Gasteiger partial charge in [-0.15, -0.1) is 0 Å². The maximum Gasteiger partial charge on any atom is 0.264 e. The van der Waals surface area contributed by atoms with E-state index in [0.717, 1.165) is 4.31 Å². The van der Waals surface area contributed by atoms with Crippen molar-refractivity contribution >= 4 is 33.2 Å². The third-order valence-corrected chi connectivity index (χ3v) is 7.05. The smallest absolute Gasteiger partial charge is 0.264 e. The lowest BCUT2D eigenvalue weighted by Crippen LogP contribution is -2.41. The first-order valence-electron chi connectivity index (χ1n) is 10.1. The number of carbonyl (C=O) groups excluding carboxylic acids is 1. The van der Waals surface area contributed by atoms with Gasteiger partial charge in [-0.2, -0.15) is 0 Å². The number of rotatable bonds is 9. The molecule has 1 N–H and O–H groups in total. The third kappa shape index (κ3) is 5.77. The molecule has 174 valence electrons. The van der Waals surface area contributed by atoms with Gasteiger partial charge in [0.1, 0.15) is 18.0 Å². The molecule has 0 saturated heterocycles. The number of halogens is 1. The summed E-state index contributed by atoms with van der Waals surface area (Å²) >= 11 is 5.97. The highest BCUT2D eigenvalue weighted by molar-refractivity contribution is 7.92. The zero-order valence-corrected chi connectivity index (χ0v) is 20.1. The van der Waals surface area contributed by atoms with E-state index in [1.807, 2.05) is 0 Å². The summed E-state index contributed by atoms with van der Waals surface area (Å²) in [4.78, 5) is 13.1. The number of methoxy groups -OCH3 is 2. The first-order valence-corrected chi connectivity index (χ1v) is 11.9. The van der Waals surface area contributed by atoms with E-state index in [1.54, 1.807) is 74.7 Å². The van der Waals surface area contributed by atoms with Gasteiger partial charge in [0.2, 0.25) is 5.91 Å². The van der Waals surface area contributed by atoms with Crippen molar-refractivity contribution in [3.63, 3.8) is 0 Å². The minimum atomic E-state index is -4.00. The molecule has 0 aromatic heterocycles. The van der Waals surface area contributed by atoms with Crippen LogP contribution in [-0.2, 0) is 14.8 Å². The Bertz CT molecular complexity index is 1200. The standard InChI is InChI=1S/C24H25ClN2O5S/c1-17(22-15-20(31-2)13-14-23(22)32-3)26-24(28)16-27(19-11-9-18(25)10-12-19)33(29,30)21-7-5-4-6-8-21/h4-15,17H,16H2,1-3H3,(H,26,28)/t17-/m0/s1. The molecule has 0 radical (unpaired) electrons. The largest absolute Gasteiger partial charge is 0.497 e. The highest BCUT2D eigenvalue weighted by Crippen LogP contribution is 2.30. The maximum atomic E-state index is 13.4. The van der Waals surface area contributed by atoms with Gasteiger partial charge in [0.25, 0.3) is 10.0 Å². The van der Waals surface area contributed by atoms with Crippen molar-refractivity contribution in [2.45, 2.75) is 17.9 Å². The van der Waals surface area contributed by atoms with Crippen molar-refractivity contribution in [3.8, 4) is 11.5 Å². The number of anilines is 1. The van der Waals surface area contributed by atoms with Crippen LogP contribution in [0.5, 0.6) is 11.5 Å². The Morgan fingerprint density at radius 1 is 1.00 bits per heavy atom. The van der Waals surface area contributed by atoms with Crippen LogP contribution in [0.4, 0.5) is 5.69 Å². The summed E-state index contributed by atoms with van der Waals surface area (Å²) in [5, 5.41) is 3.31. The quantitative estimate of drug-likeness (QED) is 0.481. The van der Waals surface area contributed by atoms with Gasteiger partial charge in [0.05, 0.1) is 30.8 Å². The molecule has 3 aromatic rings. The van der Waals surface area contributed by atoms with Crippen molar-refractivity contribution in [1.82, 2.24) is 5.32 Å². The monoisotopic (exact) mass is 488 g/mol. The van der Waals surface area contributed by atoms with Crippen LogP contribution >= 0.6 is 11.6 Å². The zero-order valence-electron chi connectivity index (χ0n) is 18.5. The Morgan fingerprint density at radius 3 is 2.27 bits per heavy atom. The Balaban J connectivity index is 1.89. The molecule has 0 saturated carbocycles. The van der Waals surface area contributed by atoms with Crippen molar-refractivity contribution in [2.24, 2.45) is 0 Å². The van der Waals surface area contributed by atoms with Crippen molar-refractivity contribution in [2.75, 3.05) is 25.1 Å². The van der Waals surface area contributed by atoms with Crippen LogP contribution in [0.15, 0.2) is 77.7 Å².